The first kappa shape index (κ1) is 10.1. The van der Waals surface area contributed by atoms with E-state index in [1.165, 1.54) is 0 Å². The van der Waals surface area contributed by atoms with Crippen LogP contribution < -0.4 is 10.5 Å². The van der Waals surface area contributed by atoms with E-state index in [9.17, 15) is 0 Å². The van der Waals surface area contributed by atoms with Crippen LogP contribution >= 0.6 is 0 Å². The SMILES string of the molecule is COc1ccc2c(C)coc2c1CCN. The lowest BCUT2D eigenvalue weighted by Gasteiger charge is -2.07. The topological polar surface area (TPSA) is 48.4 Å². The summed E-state index contributed by atoms with van der Waals surface area (Å²) in [4.78, 5) is 0. The highest BCUT2D eigenvalue weighted by atomic mass is 16.5. The van der Waals surface area contributed by atoms with Gasteiger partial charge in [0.15, 0.2) is 0 Å². The van der Waals surface area contributed by atoms with E-state index in [1.54, 1.807) is 13.4 Å². The van der Waals surface area contributed by atoms with E-state index in [-0.39, 0.29) is 0 Å². The highest BCUT2D eigenvalue weighted by Crippen LogP contribution is 2.31. The zero-order valence-electron chi connectivity index (χ0n) is 9.04. The largest absolute Gasteiger partial charge is 0.496 e. The van der Waals surface area contributed by atoms with Crippen LogP contribution in [0, 0.1) is 6.92 Å². The van der Waals surface area contributed by atoms with Crippen LogP contribution in [-0.4, -0.2) is 13.7 Å². The Morgan fingerprint density at radius 3 is 2.87 bits per heavy atom. The Hall–Kier alpha value is -1.48. The van der Waals surface area contributed by atoms with Gasteiger partial charge in [-0.3, -0.25) is 0 Å². The number of benzene rings is 1. The molecule has 15 heavy (non-hydrogen) atoms. The Balaban J connectivity index is 2.67. The molecular weight excluding hydrogens is 190 g/mol. The van der Waals surface area contributed by atoms with Crippen molar-refractivity contribution in [3.63, 3.8) is 0 Å². The maximum atomic E-state index is 5.58. The van der Waals surface area contributed by atoms with Crippen LogP contribution in [0.1, 0.15) is 11.1 Å². The summed E-state index contributed by atoms with van der Waals surface area (Å²) in [5, 5.41) is 1.14. The van der Waals surface area contributed by atoms with Gasteiger partial charge in [0.2, 0.25) is 0 Å². The lowest BCUT2D eigenvalue weighted by molar-refractivity contribution is 0.409. The number of hydrogen-bond donors (Lipinski definition) is 1. The van der Waals surface area contributed by atoms with E-state index in [0.29, 0.717) is 6.54 Å². The van der Waals surface area contributed by atoms with Crippen LogP contribution in [-0.2, 0) is 6.42 Å². The Morgan fingerprint density at radius 2 is 2.20 bits per heavy atom. The van der Waals surface area contributed by atoms with Gasteiger partial charge >= 0.3 is 0 Å². The molecule has 3 nitrogen and oxygen atoms in total. The molecule has 1 heterocycles. The molecule has 0 radical (unpaired) electrons. The van der Waals surface area contributed by atoms with Crippen LogP contribution in [0.3, 0.4) is 0 Å². The summed E-state index contributed by atoms with van der Waals surface area (Å²) in [6, 6.07) is 3.99. The van der Waals surface area contributed by atoms with Crippen molar-refractivity contribution in [2.24, 2.45) is 5.73 Å². The smallest absolute Gasteiger partial charge is 0.141 e. The van der Waals surface area contributed by atoms with Gasteiger partial charge in [0.25, 0.3) is 0 Å². The van der Waals surface area contributed by atoms with Crippen molar-refractivity contribution in [2.45, 2.75) is 13.3 Å². The summed E-state index contributed by atoms with van der Waals surface area (Å²) in [5.41, 5.74) is 8.69. The van der Waals surface area contributed by atoms with Gasteiger partial charge in [-0.15, -0.1) is 0 Å². The third-order valence-electron chi connectivity index (χ3n) is 2.61. The van der Waals surface area contributed by atoms with Gasteiger partial charge in [0.05, 0.1) is 13.4 Å². The highest BCUT2D eigenvalue weighted by molar-refractivity contribution is 5.85. The molecular formula is C12H15NO2. The number of ether oxygens (including phenoxy) is 1. The van der Waals surface area contributed by atoms with Crippen LogP contribution in [0.2, 0.25) is 0 Å². The molecule has 1 aromatic heterocycles. The Kier molecular flexibility index (Phi) is 2.64. The number of aryl methyl sites for hydroxylation is 1. The van der Waals surface area contributed by atoms with Crippen LogP contribution in [0.25, 0.3) is 11.0 Å². The predicted octanol–water partition coefficient (Wildman–Crippen LogP) is 2.25. The summed E-state index contributed by atoms with van der Waals surface area (Å²) in [5.74, 6) is 0.849. The summed E-state index contributed by atoms with van der Waals surface area (Å²) in [7, 11) is 1.66. The molecule has 0 fully saturated rings. The maximum absolute atomic E-state index is 5.58. The average molecular weight is 205 g/mol. The van der Waals surface area contributed by atoms with Crippen molar-refractivity contribution in [3.8, 4) is 5.75 Å². The van der Waals surface area contributed by atoms with Gasteiger partial charge in [0.1, 0.15) is 11.3 Å². The number of fused-ring (bicyclic) bond motifs is 1. The maximum Gasteiger partial charge on any atom is 0.141 e. The number of rotatable bonds is 3. The lowest BCUT2D eigenvalue weighted by atomic mass is 10.1. The van der Waals surface area contributed by atoms with Crippen molar-refractivity contribution in [1.82, 2.24) is 0 Å². The molecule has 0 aliphatic carbocycles. The summed E-state index contributed by atoms with van der Waals surface area (Å²) >= 11 is 0. The molecule has 2 N–H and O–H groups in total. The Bertz CT molecular complexity index is 474. The fourth-order valence-electron chi connectivity index (χ4n) is 1.84. The number of hydrogen-bond acceptors (Lipinski definition) is 3. The first-order chi connectivity index (χ1) is 7.27. The predicted molar refractivity (Wildman–Crippen MR) is 60.3 cm³/mol. The third kappa shape index (κ3) is 1.59. The van der Waals surface area contributed by atoms with Crippen LogP contribution in [0.15, 0.2) is 22.8 Å². The molecule has 0 spiro atoms. The number of furan rings is 1. The molecule has 0 saturated heterocycles. The second-order valence-corrected chi connectivity index (χ2v) is 3.58. The summed E-state index contributed by atoms with van der Waals surface area (Å²) < 4.78 is 10.8. The minimum atomic E-state index is 0.592. The molecule has 2 rings (SSSR count). The van der Waals surface area contributed by atoms with Gasteiger partial charge in [-0.05, 0) is 37.6 Å². The average Bonchev–Trinajstić information content (AvgIpc) is 2.62. The third-order valence-corrected chi connectivity index (χ3v) is 2.61. The second kappa shape index (κ2) is 3.95. The van der Waals surface area contributed by atoms with E-state index in [2.05, 4.69) is 0 Å². The first-order valence-electron chi connectivity index (χ1n) is 5.01. The van der Waals surface area contributed by atoms with E-state index in [4.69, 9.17) is 14.9 Å². The van der Waals surface area contributed by atoms with Crippen molar-refractivity contribution in [1.29, 1.82) is 0 Å². The zero-order chi connectivity index (χ0) is 10.8. The normalized spacial score (nSPS) is 10.9. The van der Waals surface area contributed by atoms with E-state index in [0.717, 1.165) is 34.3 Å². The standard InChI is InChI=1S/C12H15NO2/c1-8-7-15-12-9(8)3-4-11(14-2)10(12)5-6-13/h3-4,7H,5-6,13H2,1-2H3. The zero-order valence-corrected chi connectivity index (χ0v) is 9.04. The van der Waals surface area contributed by atoms with Gasteiger partial charge in [-0.1, -0.05) is 0 Å². The molecule has 0 unspecified atom stereocenters. The molecule has 0 atom stereocenters. The van der Waals surface area contributed by atoms with Crippen molar-refractivity contribution < 1.29 is 9.15 Å². The van der Waals surface area contributed by atoms with Gasteiger partial charge < -0.3 is 14.9 Å². The molecule has 0 amide bonds. The van der Waals surface area contributed by atoms with Crippen molar-refractivity contribution >= 4 is 11.0 Å². The summed E-state index contributed by atoms with van der Waals surface area (Å²) in [6.07, 6.45) is 2.54. The van der Waals surface area contributed by atoms with Crippen LogP contribution in [0.5, 0.6) is 5.75 Å². The van der Waals surface area contributed by atoms with Gasteiger partial charge in [-0.2, -0.15) is 0 Å². The lowest BCUT2D eigenvalue weighted by Crippen LogP contribution is -2.04. The molecule has 0 saturated carbocycles. The first-order valence-corrected chi connectivity index (χ1v) is 5.01. The molecule has 0 bridgehead atoms. The van der Waals surface area contributed by atoms with Gasteiger partial charge in [0, 0.05) is 10.9 Å². The minimum absolute atomic E-state index is 0.592. The molecule has 1 aromatic carbocycles. The molecule has 3 heteroatoms. The fraction of sp³-hybridized carbons (Fsp3) is 0.333. The number of methoxy groups -OCH3 is 1. The second-order valence-electron chi connectivity index (χ2n) is 3.58. The Labute approximate surface area is 88.8 Å². The highest BCUT2D eigenvalue weighted by Gasteiger charge is 2.11. The molecule has 2 aromatic rings. The molecule has 0 aliphatic rings. The Morgan fingerprint density at radius 1 is 1.40 bits per heavy atom. The monoisotopic (exact) mass is 205 g/mol. The van der Waals surface area contributed by atoms with E-state index in [1.807, 2.05) is 19.1 Å². The summed E-state index contributed by atoms with van der Waals surface area (Å²) in [6.45, 7) is 2.62. The van der Waals surface area contributed by atoms with Crippen molar-refractivity contribution in [3.05, 3.63) is 29.5 Å². The molecule has 80 valence electrons. The van der Waals surface area contributed by atoms with Crippen LogP contribution in [0.4, 0.5) is 0 Å². The quantitative estimate of drug-likeness (QED) is 0.836. The number of nitrogens with two attached hydrogens (primary N) is 1. The van der Waals surface area contributed by atoms with E-state index >= 15 is 0 Å². The van der Waals surface area contributed by atoms with E-state index < -0.39 is 0 Å². The van der Waals surface area contributed by atoms with Crippen molar-refractivity contribution in [2.75, 3.05) is 13.7 Å². The molecule has 0 aliphatic heterocycles. The van der Waals surface area contributed by atoms with Gasteiger partial charge in [-0.25, -0.2) is 0 Å². The fourth-order valence-corrected chi connectivity index (χ4v) is 1.84. The minimum Gasteiger partial charge on any atom is -0.496 e.